The molecule has 6 nitrogen and oxygen atoms in total. The molecule has 1 aromatic carbocycles. The molecule has 3 rings (SSSR count). The zero-order valence-electron chi connectivity index (χ0n) is 10.6. The van der Waals surface area contributed by atoms with E-state index in [1.807, 2.05) is 38.2 Å². The van der Waals surface area contributed by atoms with Gasteiger partial charge in [0.1, 0.15) is 5.15 Å². The zero-order valence-corrected chi connectivity index (χ0v) is 11.3. The average Bonchev–Trinajstić information content (AvgIpc) is 2.97. The van der Waals surface area contributed by atoms with Crippen LogP contribution in [0.3, 0.4) is 0 Å². The fourth-order valence-corrected chi connectivity index (χ4v) is 2.15. The van der Waals surface area contributed by atoms with Gasteiger partial charge in [-0.05, 0) is 19.1 Å². The third-order valence-electron chi connectivity index (χ3n) is 2.93. The highest BCUT2D eigenvalue weighted by atomic mass is 35.5. The number of aromatic nitrogens is 2. The standard InChI is InChI=1S/C12H13ClN6/c1-8-3-5-9(6-4-8)19-11(13)10(7-14-19)12-15-16-17-18(12)2/h3-7,16-17H,1-2H3. The van der Waals surface area contributed by atoms with Crippen LogP contribution < -0.4 is 11.1 Å². The van der Waals surface area contributed by atoms with Gasteiger partial charge >= 0.3 is 0 Å². The number of hydrogen-bond donors (Lipinski definition) is 2. The topological polar surface area (TPSA) is 57.5 Å². The third-order valence-corrected chi connectivity index (χ3v) is 3.29. The largest absolute Gasteiger partial charge is 0.274 e. The van der Waals surface area contributed by atoms with Crippen molar-refractivity contribution < 1.29 is 0 Å². The predicted octanol–water partition coefficient (Wildman–Crippen LogP) is 1.45. The van der Waals surface area contributed by atoms with Gasteiger partial charge in [0.15, 0.2) is 5.84 Å². The molecular formula is C12H13ClN6. The van der Waals surface area contributed by atoms with Gasteiger partial charge < -0.3 is 0 Å². The van der Waals surface area contributed by atoms with E-state index in [2.05, 4.69) is 21.3 Å². The van der Waals surface area contributed by atoms with Crippen LogP contribution in [-0.2, 0) is 0 Å². The Morgan fingerprint density at radius 2 is 1.95 bits per heavy atom. The molecule has 2 heterocycles. The van der Waals surface area contributed by atoms with E-state index < -0.39 is 0 Å². The van der Waals surface area contributed by atoms with Gasteiger partial charge in [-0.25, -0.2) is 10.2 Å². The van der Waals surface area contributed by atoms with Crippen molar-refractivity contribution in [3.8, 4) is 5.69 Å². The van der Waals surface area contributed by atoms with Crippen LogP contribution in [-0.4, -0.2) is 27.7 Å². The molecule has 0 spiro atoms. The molecule has 1 aromatic heterocycles. The molecule has 0 atom stereocenters. The van der Waals surface area contributed by atoms with E-state index in [-0.39, 0.29) is 0 Å². The van der Waals surface area contributed by atoms with Gasteiger partial charge in [-0.3, -0.25) is 5.01 Å². The van der Waals surface area contributed by atoms with Crippen molar-refractivity contribution in [2.45, 2.75) is 6.92 Å². The van der Waals surface area contributed by atoms with Crippen LogP contribution in [0.15, 0.2) is 35.6 Å². The van der Waals surface area contributed by atoms with Crippen LogP contribution in [0.25, 0.3) is 5.69 Å². The summed E-state index contributed by atoms with van der Waals surface area (Å²) in [7, 11) is 1.85. The fraction of sp³-hybridized carbons (Fsp3) is 0.167. The Morgan fingerprint density at radius 3 is 2.58 bits per heavy atom. The second-order valence-corrected chi connectivity index (χ2v) is 4.67. The molecule has 0 bridgehead atoms. The minimum Gasteiger partial charge on any atom is -0.274 e. The van der Waals surface area contributed by atoms with Gasteiger partial charge in [0.25, 0.3) is 0 Å². The zero-order chi connectivity index (χ0) is 13.4. The second-order valence-electron chi connectivity index (χ2n) is 4.31. The number of nitrogens with one attached hydrogen (secondary N) is 2. The lowest BCUT2D eigenvalue weighted by Crippen LogP contribution is -2.37. The van der Waals surface area contributed by atoms with E-state index in [1.54, 1.807) is 15.9 Å². The van der Waals surface area contributed by atoms with Crippen molar-refractivity contribution in [1.82, 2.24) is 25.9 Å². The molecule has 0 saturated heterocycles. The first-order chi connectivity index (χ1) is 9.16. The minimum atomic E-state index is 0.528. The van der Waals surface area contributed by atoms with Crippen LogP contribution >= 0.6 is 11.6 Å². The highest BCUT2D eigenvalue weighted by Gasteiger charge is 2.21. The summed E-state index contributed by atoms with van der Waals surface area (Å²) in [5.74, 6) is 0.698. The highest BCUT2D eigenvalue weighted by Crippen LogP contribution is 2.22. The molecule has 1 aliphatic rings. The van der Waals surface area contributed by atoms with Gasteiger partial charge in [0, 0.05) is 7.05 Å². The van der Waals surface area contributed by atoms with Crippen molar-refractivity contribution >= 4 is 17.4 Å². The Morgan fingerprint density at radius 1 is 1.21 bits per heavy atom. The van der Waals surface area contributed by atoms with Crippen LogP contribution in [0, 0.1) is 6.92 Å². The van der Waals surface area contributed by atoms with Crippen LogP contribution in [0.4, 0.5) is 0 Å². The number of benzene rings is 1. The maximum Gasteiger partial charge on any atom is 0.177 e. The quantitative estimate of drug-likeness (QED) is 0.872. The molecule has 98 valence electrons. The molecule has 7 heteroatoms. The lowest BCUT2D eigenvalue weighted by atomic mass is 10.2. The van der Waals surface area contributed by atoms with E-state index in [9.17, 15) is 0 Å². The monoisotopic (exact) mass is 276 g/mol. The number of aryl methyl sites for hydroxylation is 1. The van der Waals surface area contributed by atoms with Gasteiger partial charge in [-0.15, -0.1) is 10.6 Å². The molecule has 19 heavy (non-hydrogen) atoms. The molecule has 0 radical (unpaired) electrons. The summed E-state index contributed by atoms with van der Waals surface area (Å²) in [4.78, 5) is 0. The van der Waals surface area contributed by atoms with E-state index in [4.69, 9.17) is 11.6 Å². The van der Waals surface area contributed by atoms with Gasteiger partial charge in [-0.1, -0.05) is 29.3 Å². The van der Waals surface area contributed by atoms with Crippen LogP contribution in [0.1, 0.15) is 11.1 Å². The number of rotatable bonds is 2. The van der Waals surface area contributed by atoms with Crippen LogP contribution in [0.2, 0.25) is 5.15 Å². The normalized spacial score (nSPS) is 14.5. The molecule has 0 aliphatic carbocycles. The van der Waals surface area contributed by atoms with Crippen molar-refractivity contribution in [2.24, 2.45) is 5.10 Å². The maximum absolute atomic E-state index is 6.38. The maximum atomic E-state index is 6.38. The summed E-state index contributed by atoms with van der Waals surface area (Å²) >= 11 is 6.38. The molecule has 2 aromatic rings. The van der Waals surface area contributed by atoms with E-state index in [0.29, 0.717) is 11.0 Å². The first kappa shape index (κ1) is 12.0. The van der Waals surface area contributed by atoms with Crippen molar-refractivity contribution in [3.63, 3.8) is 0 Å². The summed E-state index contributed by atoms with van der Waals surface area (Å²) in [6, 6.07) is 8.01. The molecular weight excluding hydrogens is 264 g/mol. The van der Waals surface area contributed by atoms with Crippen LogP contribution in [0.5, 0.6) is 0 Å². The molecule has 2 N–H and O–H groups in total. The molecule has 1 aliphatic heterocycles. The summed E-state index contributed by atoms with van der Waals surface area (Å²) in [5, 5.41) is 10.7. The first-order valence-corrected chi connectivity index (χ1v) is 6.17. The molecule has 0 saturated carbocycles. The smallest absolute Gasteiger partial charge is 0.177 e. The summed E-state index contributed by atoms with van der Waals surface area (Å²) < 4.78 is 1.69. The fourth-order valence-electron chi connectivity index (χ4n) is 1.87. The van der Waals surface area contributed by atoms with E-state index in [0.717, 1.165) is 11.3 Å². The average molecular weight is 277 g/mol. The number of hydrogen-bond acceptors (Lipinski definition) is 5. The Bertz CT molecular complexity index is 630. The molecule has 0 amide bonds. The number of hydrazine groups is 2. The SMILES string of the molecule is Cc1ccc(-n2ncc(C3=NNNN3C)c2Cl)cc1. The lowest BCUT2D eigenvalue weighted by Gasteiger charge is -2.11. The first-order valence-electron chi connectivity index (χ1n) is 5.80. The predicted molar refractivity (Wildman–Crippen MR) is 73.9 cm³/mol. The van der Waals surface area contributed by atoms with Crippen molar-refractivity contribution in [3.05, 3.63) is 46.7 Å². The highest BCUT2D eigenvalue weighted by molar-refractivity contribution is 6.33. The summed E-state index contributed by atoms with van der Waals surface area (Å²) in [5.41, 5.74) is 8.39. The molecule has 0 unspecified atom stereocenters. The number of nitrogens with zero attached hydrogens (tertiary/aromatic N) is 4. The number of amidine groups is 1. The Labute approximate surface area is 115 Å². The van der Waals surface area contributed by atoms with Crippen molar-refractivity contribution in [2.75, 3.05) is 7.05 Å². The Kier molecular flexibility index (Phi) is 2.88. The van der Waals surface area contributed by atoms with Gasteiger partial charge in [0.05, 0.1) is 17.4 Å². The number of halogens is 1. The Hall–Kier alpha value is -2.05. The van der Waals surface area contributed by atoms with E-state index >= 15 is 0 Å². The minimum absolute atomic E-state index is 0.528. The van der Waals surface area contributed by atoms with Gasteiger partial charge in [-0.2, -0.15) is 5.10 Å². The number of hydrazone groups is 1. The second kappa shape index (κ2) is 4.56. The summed E-state index contributed by atoms with van der Waals surface area (Å²) in [6.45, 7) is 2.04. The third kappa shape index (κ3) is 2.05. The van der Waals surface area contributed by atoms with E-state index in [1.165, 1.54) is 5.56 Å². The molecule has 0 fully saturated rings. The lowest BCUT2D eigenvalue weighted by molar-refractivity contribution is 0.349. The van der Waals surface area contributed by atoms with Crippen molar-refractivity contribution in [1.29, 1.82) is 0 Å². The Balaban J connectivity index is 2.01. The van der Waals surface area contributed by atoms with Gasteiger partial charge in [0.2, 0.25) is 0 Å². The summed E-state index contributed by atoms with van der Waals surface area (Å²) in [6.07, 6.45) is 1.70.